The molecule has 0 aliphatic carbocycles. The monoisotopic (exact) mass is 295 g/mol. The number of rotatable bonds is 1. The number of aromatic amines is 1. The Morgan fingerprint density at radius 2 is 2.22 bits per heavy atom. The molecule has 4 nitrogen and oxygen atoms in total. The van der Waals surface area contributed by atoms with Crippen LogP contribution in [0.25, 0.3) is 0 Å². The van der Waals surface area contributed by atoms with Crippen LogP contribution in [0.4, 0.5) is 0 Å². The molecule has 18 heavy (non-hydrogen) atoms. The molecule has 1 aliphatic heterocycles. The van der Waals surface area contributed by atoms with Crippen molar-refractivity contribution in [2.24, 2.45) is 4.99 Å². The van der Waals surface area contributed by atoms with Crippen LogP contribution in [0.5, 0.6) is 0 Å². The number of amidine groups is 1. The number of aromatic nitrogens is 1. The summed E-state index contributed by atoms with van der Waals surface area (Å²) >= 11 is 11.4. The Morgan fingerprint density at radius 3 is 2.89 bits per heavy atom. The zero-order chi connectivity index (χ0) is 12.9. The van der Waals surface area contributed by atoms with E-state index < -0.39 is 0 Å². The predicted octanol–water partition coefficient (Wildman–Crippen LogP) is 2.55. The number of hydrogen-bond acceptors (Lipinski definition) is 4. The quantitative estimate of drug-likeness (QED) is 0.695. The summed E-state index contributed by atoms with van der Waals surface area (Å²) in [5.74, 6) is 0.149. The molecule has 3 rings (SSSR count). The van der Waals surface area contributed by atoms with Gasteiger partial charge >= 0.3 is 4.87 Å². The van der Waals surface area contributed by atoms with E-state index >= 15 is 0 Å². The number of H-pyrrole nitrogens is 1. The van der Waals surface area contributed by atoms with Crippen molar-refractivity contribution in [3.63, 3.8) is 0 Å². The molecule has 1 aliphatic rings. The van der Waals surface area contributed by atoms with Crippen LogP contribution in [0, 0.1) is 5.41 Å². The zero-order valence-electron chi connectivity index (χ0n) is 8.82. The molecule has 0 saturated carbocycles. The second kappa shape index (κ2) is 4.08. The Labute approximate surface area is 116 Å². The van der Waals surface area contributed by atoms with Crippen molar-refractivity contribution in [2.45, 2.75) is 5.03 Å². The molecule has 0 fully saturated rings. The van der Waals surface area contributed by atoms with Gasteiger partial charge in [0.05, 0.1) is 20.6 Å². The van der Waals surface area contributed by atoms with Crippen LogP contribution < -0.4 is 4.87 Å². The second-order valence-corrected chi connectivity index (χ2v) is 5.50. The van der Waals surface area contributed by atoms with Gasteiger partial charge in [-0.25, -0.2) is 4.99 Å². The maximum absolute atomic E-state index is 11.3. The van der Waals surface area contributed by atoms with Gasteiger partial charge in [-0.15, -0.1) is 12.6 Å². The van der Waals surface area contributed by atoms with E-state index in [1.807, 2.05) is 0 Å². The van der Waals surface area contributed by atoms with Crippen LogP contribution >= 0.6 is 35.6 Å². The normalized spacial score (nSPS) is 13.7. The summed E-state index contributed by atoms with van der Waals surface area (Å²) in [5, 5.41) is 8.79. The van der Waals surface area contributed by atoms with Crippen LogP contribution in [-0.2, 0) is 0 Å². The minimum absolute atomic E-state index is 0.149. The molecule has 0 atom stereocenters. The highest BCUT2D eigenvalue weighted by atomic mass is 35.5. The molecular weight excluding hydrogens is 290 g/mol. The first kappa shape index (κ1) is 11.7. The van der Waals surface area contributed by atoms with Crippen LogP contribution in [0.2, 0.25) is 5.02 Å². The highest BCUT2D eigenvalue weighted by Crippen LogP contribution is 2.31. The Kier molecular flexibility index (Phi) is 2.65. The van der Waals surface area contributed by atoms with Crippen molar-refractivity contribution < 1.29 is 0 Å². The lowest BCUT2D eigenvalue weighted by atomic mass is 10.0. The fourth-order valence-electron chi connectivity index (χ4n) is 1.83. The van der Waals surface area contributed by atoms with Gasteiger partial charge in [0, 0.05) is 11.1 Å². The largest absolute Gasteiger partial charge is 0.307 e. The van der Waals surface area contributed by atoms with Gasteiger partial charge in [0.2, 0.25) is 0 Å². The number of aliphatic imine (C=N–C) groups is 1. The first-order chi connectivity index (χ1) is 8.58. The molecule has 90 valence electrons. The van der Waals surface area contributed by atoms with Crippen LogP contribution in [0.1, 0.15) is 16.0 Å². The number of nitrogens with one attached hydrogen (secondary N) is 2. The lowest BCUT2D eigenvalue weighted by Crippen LogP contribution is -2.00. The number of thiazole rings is 1. The first-order valence-corrected chi connectivity index (χ1v) is 6.61. The summed E-state index contributed by atoms with van der Waals surface area (Å²) in [6, 6.07) is 5.30. The van der Waals surface area contributed by atoms with Crippen molar-refractivity contribution in [2.75, 3.05) is 0 Å². The fraction of sp³-hybridized carbons (Fsp3) is 0. The summed E-state index contributed by atoms with van der Waals surface area (Å²) in [6.45, 7) is 0. The number of nitrogens with zero attached hydrogens (tertiary/aromatic N) is 1. The van der Waals surface area contributed by atoms with E-state index in [1.54, 1.807) is 18.2 Å². The Bertz CT molecular complexity index is 760. The Hall–Kier alpha value is -1.37. The van der Waals surface area contributed by atoms with Crippen molar-refractivity contribution >= 4 is 47.1 Å². The van der Waals surface area contributed by atoms with E-state index in [4.69, 9.17) is 17.0 Å². The summed E-state index contributed by atoms with van der Waals surface area (Å²) < 4.78 is 0. The van der Waals surface area contributed by atoms with Gasteiger partial charge in [-0.3, -0.25) is 10.2 Å². The lowest BCUT2D eigenvalue weighted by molar-refractivity contribution is 1.16. The van der Waals surface area contributed by atoms with Crippen LogP contribution in [-0.4, -0.2) is 16.5 Å². The van der Waals surface area contributed by atoms with Gasteiger partial charge in [0.15, 0.2) is 5.84 Å². The average molecular weight is 296 g/mol. The molecule has 0 saturated heterocycles. The van der Waals surface area contributed by atoms with Gasteiger partial charge in [-0.05, 0) is 6.07 Å². The minimum atomic E-state index is -0.204. The number of hydrogen-bond donors (Lipinski definition) is 3. The lowest BCUT2D eigenvalue weighted by Gasteiger charge is -2.03. The van der Waals surface area contributed by atoms with Gasteiger partial charge in [-0.2, -0.15) is 0 Å². The second-order valence-electron chi connectivity index (χ2n) is 3.66. The standard InChI is InChI=1S/C11H6ClN3OS2/c12-5-3-1-2-4-6(5)7(14-9(4)13)8-10(17)15-11(16)18-8/h1-3,13,17H,(H,15,16). The van der Waals surface area contributed by atoms with E-state index in [0.717, 1.165) is 11.3 Å². The van der Waals surface area contributed by atoms with Crippen molar-refractivity contribution in [1.29, 1.82) is 5.41 Å². The van der Waals surface area contributed by atoms with Gasteiger partial charge in [0.1, 0.15) is 0 Å². The van der Waals surface area contributed by atoms with Crippen LogP contribution in [0.3, 0.4) is 0 Å². The maximum Gasteiger partial charge on any atom is 0.305 e. The summed E-state index contributed by atoms with van der Waals surface area (Å²) in [6.07, 6.45) is 0. The van der Waals surface area contributed by atoms with Crippen LogP contribution in [0.15, 0.2) is 33.0 Å². The minimum Gasteiger partial charge on any atom is -0.307 e. The smallest absolute Gasteiger partial charge is 0.305 e. The SMILES string of the molecule is N=C1N=C(c2sc(=O)[nH]c2S)c2c(Cl)cccc21. The third-order valence-electron chi connectivity index (χ3n) is 2.57. The maximum atomic E-state index is 11.3. The van der Waals surface area contributed by atoms with E-state index in [9.17, 15) is 4.79 Å². The molecule has 0 bridgehead atoms. The fourth-order valence-corrected chi connectivity index (χ4v) is 3.25. The Balaban J connectivity index is 2.29. The molecular formula is C11H6ClN3OS2. The summed E-state index contributed by atoms with van der Waals surface area (Å²) in [5.41, 5.74) is 1.90. The predicted molar refractivity (Wildman–Crippen MR) is 76.1 cm³/mol. The van der Waals surface area contributed by atoms with Gasteiger partial charge < -0.3 is 4.98 Å². The van der Waals surface area contributed by atoms with Gasteiger partial charge in [-0.1, -0.05) is 35.1 Å². The molecule has 1 aromatic carbocycles. The highest BCUT2D eigenvalue weighted by Gasteiger charge is 2.26. The first-order valence-electron chi connectivity index (χ1n) is 4.97. The zero-order valence-corrected chi connectivity index (χ0v) is 11.3. The molecule has 0 radical (unpaired) electrons. The average Bonchev–Trinajstić information content (AvgIpc) is 2.81. The van der Waals surface area contributed by atoms with Crippen molar-refractivity contribution in [1.82, 2.24) is 4.98 Å². The molecule has 1 aromatic heterocycles. The number of thiol groups is 1. The summed E-state index contributed by atoms with van der Waals surface area (Å²) in [7, 11) is 0. The Morgan fingerprint density at radius 1 is 1.44 bits per heavy atom. The number of fused-ring (bicyclic) bond motifs is 1. The van der Waals surface area contributed by atoms with E-state index in [0.29, 0.717) is 31.8 Å². The third kappa shape index (κ3) is 1.65. The van der Waals surface area contributed by atoms with E-state index in [2.05, 4.69) is 22.6 Å². The molecule has 0 spiro atoms. The third-order valence-corrected chi connectivity index (χ3v) is 4.27. The van der Waals surface area contributed by atoms with E-state index in [1.165, 1.54) is 0 Å². The van der Waals surface area contributed by atoms with Crippen molar-refractivity contribution in [3.05, 3.63) is 48.9 Å². The van der Waals surface area contributed by atoms with E-state index in [-0.39, 0.29) is 10.7 Å². The van der Waals surface area contributed by atoms with Gasteiger partial charge in [0.25, 0.3) is 0 Å². The van der Waals surface area contributed by atoms with Crippen molar-refractivity contribution in [3.8, 4) is 0 Å². The molecule has 2 heterocycles. The number of halogens is 1. The number of benzene rings is 1. The summed E-state index contributed by atoms with van der Waals surface area (Å²) in [4.78, 5) is 18.5. The molecule has 2 aromatic rings. The molecule has 2 N–H and O–H groups in total. The molecule has 7 heteroatoms. The highest BCUT2D eigenvalue weighted by molar-refractivity contribution is 7.80. The topological polar surface area (TPSA) is 69.1 Å². The molecule has 0 amide bonds. The molecule has 0 unspecified atom stereocenters.